The summed E-state index contributed by atoms with van der Waals surface area (Å²) in [4.78, 5) is 15.5. The van der Waals surface area contributed by atoms with E-state index in [4.69, 9.17) is 0 Å². The zero-order valence-corrected chi connectivity index (χ0v) is 9.40. The molecule has 82 valence electrons. The summed E-state index contributed by atoms with van der Waals surface area (Å²) < 4.78 is 13.6. The second kappa shape index (κ2) is 4.02. The number of thiazole rings is 1. The van der Waals surface area contributed by atoms with Gasteiger partial charge < -0.3 is 0 Å². The Balaban J connectivity index is 2.33. The van der Waals surface area contributed by atoms with Gasteiger partial charge in [-0.25, -0.2) is 9.37 Å². The number of benzene rings is 1. The largest absolute Gasteiger partial charge is 0.298 e. The second-order valence-electron chi connectivity index (χ2n) is 3.37. The molecule has 0 aliphatic carbocycles. The van der Waals surface area contributed by atoms with Gasteiger partial charge in [0, 0.05) is 5.57 Å². The number of anilines is 1. The van der Waals surface area contributed by atoms with Gasteiger partial charge in [0.25, 0.3) is 5.91 Å². The number of halogens is 1. The summed E-state index contributed by atoms with van der Waals surface area (Å²) in [5, 5.41) is 3.05. The van der Waals surface area contributed by atoms with Crippen LogP contribution in [0.3, 0.4) is 0 Å². The van der Waals surface area contributed by atoms with Crippen molar-refractivity contribution >= 4 is 32.6 Å². The van der Waals surface area contributed by atoms with Crippen molar-refractivity contribution in [2.45, 2.75) is 6.92 Å². The van der Waals surface area contributed by atoms with E-state index in [0.29, 0.717) is 20.9 Å². The lowest BCUT2D eigenvalue weighted by Crippen LogP contribution is -2.11. The average Bonchev–Trinajstić information content (AvgIpc) is 2.58. The minimum atomic E-state index is -0.311. The molecule has 16 heavy (non-hydrogen) atoms. The topological polar surface area (TPSA) is 42.0 Å². The SMILES string of the molecule is C=C(C)C(=O)Nc1nc2ccc(F)cc2s1. The molecule has 0 unspecified atom stereocenters. The zero-order chi connectivity index (χ0) is 11.7. The van der Waals surface area contributed by atoms with E-state index in [1.165, 1.54) is 23.5 Å². The van der Waals surface area contributed by atoms with Gasteiger partial charge >= 0.3 is 0 Å². The van der Waals surface area contributed by atoms with Crippen LogP contribution in [-0.4, -0.2) is 10.9 Å². The number of fused-ring (bicyclic) bond motifs is 1. The Morgan fingerprint density at radius 3 is 3.00 bits per heavy atom. The predicted molar refractivity (Wildman–Crippen MR) is 63.0 cm³/mol. The van der Waals surface area contributed by atoms with Gasteiger partial charge in [0.1, 0.15) is 5.82 Å². The molecule has 0 spiro atoms. The van der Waals surface area contributed by atoms with Gasteiger partial charge in [0.15, 0.2) is 5.13 Å². The fourth-order valence-electron chi connectivity index (χ4n) is 1.16. The summed E-state index contributed by atoms with van der Waals surface area (Å²) >= 11 is 1.23. The molecule has 3 nitrogen and oxygen atoms in total. The molecule has 2 aromatic rings. The van der Waals surface area contributed by atoms with Crippen LogP contribution in [0.2, 0.25) is 0 Å². The first kappa shape index (κ1) is 10.8. The van der Waals surface area contributed by atoms with E-state index in [0.717, 1.165) is 0 Å². The highest BCUT2D eigenvalue weighted by Gasteiger charge is 2.08. The number of hydrogen-bond donors (Lipinski definition) is 1. The summed E-state index contributed by atoms with van der Waals surface area (Å²) in [6.07, 6.45) is 0. The van der Waals surface area contributed by atoms with Crippen molar-refractivity contribution in [2.24, 2.45) is 0 Å². The van der Waals surface area contributed by atoms with Crippen LogP contribution in [0, 0.1) is 5.82 Å². The molecule has 0 aliphatic heterocycles. The van der Waals surface area contributed by atoms with Crippen LogP contribution >= 0.6 is 11.3 Å². The molecule has 1 heterocycles. The number of carbonyl (C=O) groups excluding carboxylic acids is 1. The second-order valence-corrected chi connectivity index (χ2v) is 4.40. The molecule has 0 fully saturated rings. The summed E-state index contributed by atoms with van der Waals surface area (Å²) in [5.74, 6) is -0.589. The fraction of sp³-hybridized carbons (Fsp3) is 0.0909. The number of rotatable bonds is 2. The number of aromatic nitrogens is 1. The molecule has 1 aromatic carbocycles. The van der Waals surface area contributed by atoms with Crippen LogP contribution in [0.5, 0.6) is 0 Å². The molecular formula is C11H9FN2OS. The summed E-state index contributed by atoms with van der Waals surface area (Å²) in [7, 11) is 0. The maximum absolute atomic E-state index is 12.9. The maximum atomic E-state index is 12.9. The maximum Gasteiger partial charge on any atom is 0.252 e. The summed E-state index contributed by atoms with van der Waals surface area (Å²) in [6, 6.07) is 4.31. The highest BCUT2D eigenvalue weighted by atomic mass is 32.1. The normalized spacial score (nSPS) is 10.4. The van der Waals surface area contributed by atoms with Crippen molar-refractivity contribution in [3.05, 3.63) is 36.2 Å². The van der Waals surface area contributed by atoms with Gasteiger partial charge in [-0.1, -0.05) is 17.9 Å². The van der Waals surface area contributed by atoms with Crippen LogP contribution in [-0.2, 0) is 4.79 Å². The minimum absolute atomic E-state index is 0.278. The lowest BCUT2D eigenvalue weighted by molar-refractivity contribution is -0.112. The Morgan fingerprint density at radius 1 is 1.56 bits per heavy atom. The van der Waals surface area contributed by atoms with Gasteiger partial charge in [-0.2, -0.15) is 0 Å². The van der Waals surface area contributed by atoms with Gasteiger partial charge in [0.05, 0.1) is 10.2 Å². The van der Waals surface area contributed by atoms with E-state index in [1.807, 2.05) is 0 Å². The molecule has 0 saturated carbocycles. The van der Waals surface area contributed by atoms with Crippen molar-refractivity contribution in [3.8, 4) is 0 Å². The Bertz CT molecular complexity index is 576. The summed E-state index contributed by atoms with van der Waals surface area (Å²) in [5.41, 5.74) is 1.08. The van der Waals surface area contributed by atoms with Crippen LogP contribution in [0.1, 0.15) is 6.92 Å². The van der Waals surface area contributed by atoms with Crippen LogP contribution in [0.4, 0.5) is 9.52 Å². The first-order chi connectivity index (χ1) is 7.56. The molecule has 0 radical (unpaired) electrons. The third-order valence-corrected chi connectivity index (χ3v) is 2.89. The first-order valence-corrected chi connectivity index (χ1v) is 5.41. The number of nitrogens with zero attached hydrogens (tertiary/aromatic N) is 1. The molecule has 2 rings (SSSR count). The van der Waals surface area contributed by atoms with Crippen molar-refractivity contribution in [3.63, 3.8) is 0 Å². The monoisotopic (exact) mass is 236 g/mol. The predicted octanol–water partition coefficient (Wildman–Crippen LogP) is 2.95. The van der Waals surface area contributed by atoms with Gasteiger partial charge in [-0.15, -0.1) is 0 Å². The molecular weight excluding hydrogens is 227 g/mol. The molecule has 1 N–H and O–H groups in total. The molecule has 5 heteroatoms. The highest BCUT2D eigenvalue weighted by molar-refractivity contribution is 7.22. The lowest BCUT2D eigenvalue weighted by Gasteiger charge is -1.97. The van der Waals surface area contributed by atoms with Gasteiger partial charge in [0.2, 0.25) is 0 Å². The van der Waals surface area contributed by atoms with E-state index in [1.54, 1.807) is 13.0 Å². The number of carbonyl (C=O) groups is 1. The third-order valence-electron chi connectivity index (χ3n) is 1.96. The van der Waals surface area contributed by atoms with Crippen molar-refractivity contribution in [1.82, 2.24) is 4.98 Å². The average molecular weight is 236 g/mol. The Hall–Kier alpha value is -1.75. The Labute approximate surface area is 95.6 Å². The number of hydrogen-bond acceptors (Lipinski definition) is 3. The molecule has 1 aromatic heterocycles. The summed E-state index contributed by atoms with van der Waals surface area (Å²) in [6.45, 7) is 5.14. The Morgan fingerprint density at radius 2 is 2.31 bits per heavy atom. The van der Waals surface area contributed by atoms with E-state index < -0.39 is 0 Å². The number of nitrogens with one attached hydrogen (secondary N) is 1. The standard InChI is InChI=1S/C11H9FN2OS/c1-6(2)10(15)14-11-13-8-4-3-7(12)5-9(8)16-11/h3-5H,1H2,2H3,(H,13,14,15). The van der Waals surface area contributed by atoms with Gasteiger partial charge in [-0.05, 0) is 25.1 Å². The first-order valence-electron chi connectivity index (χ1n) is 4.59. The zero-order valence-electron chi connectivity index (χ0n) is 8.58. The van der Waals surface area contributed by atoms with Gasteiger partial charge in [-0.3, -0.25) is 10.1 Å². The smallest absolute Gasteiger partial charge is 0.252 e. The minimum Gasteiger partial charge on any atom is -0.298 e. The van der Waals surface area contributed by atoms with E-state index in [2.05, 4.69) is 16.9 Å². The molecule has 0 aliphatic rings. The molecule has 0 bridgehead atoms. The quantitative estimate of drug-likeness (QED) is 0.814. The van der Waals surface area contributed by atoms with Crippen LogP contribution in [0.15, 0.2) is 30.4 Å². The van der Waals surface area contributed by atoms with Crippen molar-refractivity contribution in [1.29, 1.82) is 0 Å². The molecule has 0 atom stereocenters. The highest BCUT2D eigenvalue weighted by Crippen LogP contribution is 2.26. The fourth-order valence-corrected chi connectivity index (χ4v) is 2.04. The number of amides is 1. The van der Waals surface area contributed by atoms with Crippen LogP contribution in [0.25, 0.3) is 10.2 Å². The van der Waals surface area contributed by atoms with Crippen LogP contribution < -0.4 is 5.32 Å². The van der Waals surface area contributed by atoms with E-state index in [9.17, 15) is 9.18 Å². The van der Waals surface area contributed by atoms with Crippen molar-refractivity contribution < 1.29 is 9.18 Å². The molecule has 1 amide bonds. The molecule has 0 saturated heterocycles. The lowest BCUT2D eigenvalue weighted by atomic mass is 10.3. The van der Waals surface area contributed by atoms with Crippen molar-refractivity contribution in [2.75, 3.05) is 5.32 Å². The van der Waals surface area contributed by atoms with E-state index >= 15 is 0 Å². The van der Waals surface area contributed by atoms with E-state index in [-0.39, 0.29) is 11.7 Å². The third kappa shape index (κ3) is 2.09. The Kier molecular flexibility index (Phi) is 2.70.